The number of guanidine groups is 1. The van der Waals surface area contributed by atoms with Gasteiger partial charge in [-0.25, -0.2) is 0 Å². The van der Waals surface area contributed by atoms with E-state index >= 15 is 0 Å². The average molecular weight is 430 g/mol. The number of nitrogens with zero attached hydrogens (tertiary/aromatic N) is 4. The Labute approximate surface area is 183 Å². The van der Waals surface area contributed by atoms with Gasteiger partial charge in [-0.3, -0.25) is 14.6 Å². The Balaban J connectivity index is 1.22. The van der Waals surface area contributed by atoms with Gasteiger partial charge in [0.15, 0.2) is 12.6 Å². The first-order chi connectivity index (χ1) is 15.2. The Morgan fingerprint density at radius 1 is 1.19 bits per heavy atom. The minimum absolute atomic E-state index is 0.0184. The maximum atomic E-state index is 12.5. The monoisotopic (exact) mass is 429 g/mol. The van der Waals surface area contributed by atoms with Crippen LogP contribution < -0.4 is 15.0 Å². The van der Waals surface area contributed by atoms with E-state index in [4.69, 9.17) is 9.47 Å². The zero-order valence-corrected chi connectivity index (χ0v) is 18.1. The third-order valence-electron chi connectivity index (χ3n) is 5.96. The fraction of sp³-hybridized carbons (Fsp3) is 0.591. The molecule has 2 saturated heterocycles. The molecule has 31 heavy (non-hydrogen) atoms. The van der Waals surface area contributed by atoms with Crippen LogP contribution in [-0.2, 0) is 14.3 Å². The van der Waals surface area contributed by atoms with E-state index in [1.807, 2.05) is 29.2 Å². The predicted molar refractivity (Wildman–Crippen MR) is 117 cm³/mol. The number of carbonyl (C=O) groups is 2. The average Bonchev–Trinajstić information content (AvgIpc) is 3.35. The zero-order valence-electron chi connectivity index (χ0n) is 18.1. The maximum absolute atomic E-state index is 12.5. The van der Waals surface area contributed by atoms with Crippen LogP contribution in [-0.4, -0.2) is 93.2 Å². The van der Waals surface area contributed by atoms with E-state index in [0.717, 1.165) is 49.7 Å². The minimum atomic E-state index is -0.253. The molecule has 3 aliphatic rings. The molecule has 4 rings (SSSR count). The molecule has 1 aromatic rings. The van der Waals surface area contributed by atoms with Crippen molar-refractivity contribution >= 4 is 23.5 Å². The van der Waals surface area contributed by atoms with Gasteiger partial charge in [0, 0.05) is 52.9 Å². The summed E-state index contributed by atoms with van der Waals surface area (Å²) in [5.74, 6) is 1.69. The van der Waals surface area contributed by atoms with Gasteiger partial charge in [-0.15, -0.1) is 0 Å². The van der Waals surface area contributed by atoms with E-state index in [9.17, 15) is 9.59 Å². The number of aliphatic imine (C=N–C) groups is 1. The molecule has 1 N–H and O–H groups in total. The molecule has 0 aromatic heterocycles. The second kappa shape index (κ2) is 10.00. The Bertz CT molecular complexity index is 816. The second-order valence-corrected chi connectivity index (χ2v) is 7.94. The SMILES string of the molecule is CN=C(NCCCN1C(=O)COc2ccccc21)N1CCN(C(=O)C2CCCO2)CC1. The number of hydrogen-bond acceptors (Lipinski definition) is 5. The number of para-hydroxylation sites is 2. The van der Waals surface area contributed by atoms with Gasteiger partial charge in [0.2, 0.25) is 0 Å². The summed E-state index contributed by atoms with van der Waals surface area (Å²) in [6, 6.07) is 7.62. The third kappa shape index (κ3) is 4.92. The zero-order chi connectivity index (χ0) is 21.6. The van der Waals surface area contributed by atoms with Crippen molar-refractivity contribution in [2.45, 2.75) is 25.4 Å². The lowest BCUT2D eigenvalue weighted by molar-refractivity contribution is -0.142. The van der Waals surface area contributed by atoms with E-state index in [2.05, 4.69) is 15.2 Å². The molecule has 0 radical (unpaired) electrons. The molecule has 9 nitrogen and oxygen atoms in total. The molecule has 3 heterocycles. The van der Waals surface area contributed by atoms with Crippen molar-refractivity contribution in [2.75, 3.05) is 64.4 Å². The number of rotatable bonds is 5. The smallest absolute Gasteiger partial charge is 0.265 e. The molecule has 0 bridgehead atoms. The lowest BCUT2D eigenvalue weighted by Crippen LogP contribution is -2.55. The standard InChI is InChI=1S/C22H31N5O4/c1-23-22(26-13-11-25(12-14-26)21(29)19-8-4-15-30-19)24-9-5-10-27-17-6-2-3-7-18(17)31-16-20(27)28/h2-3,6-7,19H,4-5,8-16H2,1H3,(H,23,24). The highest BCUT2D eigenvalue weighted by atomic mass is 16.5. The van der Waals surface area contributed by atoms with Gasteiger partial charge in [0.05, 0.1) is 5.69 Å². The summed E-state index contributed by atoms with van der Waals surface area (Å²) in [7, 11) is 1.77. The summed E-state index contributed by atoms with van der Waals surface area (Å²) in [5.41, 5.74) is 0.829. The molecular weight excluding hydrogens is 398 g/mol. The molecule has 0 saturated carbocycles. The lowest BCUT2D eigenvalue weighted by Gasteiger charge is -2.37. The van der Waals surface area contributed by atoms with Crippen LogP contribution >= 0.6 is 0 Å². The van der Waals surface area contributed by atoms with Gasteiger partial charge >= 0.3 is 0 Å². The molecule has 1 unspecified atom stereocenters. The molecule has 0 aliphatic carbocycles. The number of carbonyl (C=O) groups excluding carboxylic acids is 2. The molecule has 3 aliphatic heterocycles. The third-order valence-corrected chi connectivity index (χ3v) is 5.96. The summed E-state index contributed by atoms with van der Waals surface area (Å²) in [6.07, 6.45) is 2.33. The number of benzene rings is 1. The quantitative estimate of drug-likeness (QED) is 0.421. The van der Waals surface area contributed by atoms with Crippen molar-refractivity contribution in [1.29, 1.82) is 0 Å². The van der Waals surface area contributed by atoms with E-state index in [1.54, 1.807) is 11.9 Å². The Morgan fingerprint density at radius 3 is 2.71 bits per heavy atom. The molecular formula is C22H31N5O4. The molecule has 0 spiro atoms. The van der Waals surface area contributed by atoms with Crippen LogP contribution in [0, 0.1) is 0 Å². The molecule has 1 aromatic carbocycles. The molecule has 1 atom stereocenters. The summed E-state index contributed by atoms with van der Waals surface area (Å²) in [4.78, 5) is 35.1. The summed E-state index contributed by atoms with van der Waals surface area (Å²) in [5, 5.41) is 3.40. The Morgan fingerprint density at radius 2 is 1.97 bits per heavy atom. The van der Waals surface area contributed by atoms with Crippen LogP contribution in [0.25, 0.3) is 0 Å². The number of ether oxygens (including phenoxy) is 2. The van der Waals surface area contributed by atoms with Gasteiger partial charge in [-0.05, 0) is 31.4 Å². The van der Waals surface area contributed by atoms with Gasteiger partial charge in [0.25, 0.3) is 11.8 Å². The van der Waals surface area contributed by atoms with E-state index < -0.39 is 0 Å². The highest BCUT2D eigenvalue weighted by Gasteiger charge is 2.31. The number of anilines is 1. The number of piperazine rings is 1. The van der Waals surface area contributed by atoms with Crippen molar-refractivity contribution in [1.82, 2.24) is 15.1 Å². The van der Waals surface area contributed by atoms with Crippen molar-refractivity contribution in [3.63, 3.8) is 0 Å². The summed E-state index contributed by atoms with van der Waals surface area (Å²) < 4.78 is 11.0. The Kier molecular flexibility index (Phi) is 6.91. The van der Waals surface area contributed by atoms with Crippen LogP contribution in [0.5, 0.6) is 5.75 Å². The highest BCUT2D eigenvalue weighted by molar-refractivity contribution is 5.97. The van der Waals surface area contributed by atoms with Crippen LogP contribution in [0.4, 0.5) is 5.69 Å². The first-order valence-corrected chi connectivity index (χ1v) is 11.1. The van der Waals surface area contributed by atoms with Crippen LogP contribution in [0.15, 0.2) is 29.3 Å². The summed E-state index contributed by atoms with van der Waals surface area (Å²) >= 11 is 0. The molecule has 2 fully saturated rings. The van der Waals surface area contributed by atoms with Crippen LogP contribution in [0.2, 0.25) is 0 Å². The normalized spacial score (nSPS) is 21.7. The fourth-order valence-electron chi connectivity index (χ4n) is 4.28. The maximum Gasteiger partial charge on any atom is 0.265 e. The van der Waals surface area contributed by atoms with Gasteiger partial charge in [-0.2, -0.15) is 0 Å². The highest BCUT2D eigenvalue weighted by Crippen LogP contribution is 2.31. The number of fused-ring (bicyclic) bond motifs is 1. The van der Waals surface area contributed by atoms with Crippen molar-refractivity contribution in [2.24, 2.45) is 4.99 Å². The predicted octanol–water partition coefficient (Wildman–Crippen LogP) is 0.701. The topological polar surface area (TPSA) is 86.7 Å². The van der Waals surface area contributed by atoms with Gasteiger partial charge in [0.1, 0.15) is 11.9 Å². The van der Waals surface area contributed by atoms with E-state index in [-0.39, 0.29) is 24.5 Å². The first-order valence-electron chi connectivity index (χ1n) is 11.1. The van der Waals surface area contributed by atoms with Crippen molar-refractivity contribution in [3.8, 4) is 5.75 Å². The van der Waals surface area contributed by atoms with Crippen LogP contribution in [0.1, 0.15) is 19.3 Å². The van der Waals surface area contributed by atoms with E-state index in [0.29, 0.717) is 32.8 Å². The fourth-order valence-corrected chi connectivity index (χ4v) is 4.28. The minimum Gasteiger partial charge on any atom is -0.482 e. The Hall–Kier alpha value is -2.81. The van der Waals surface area contributed by atoms with E-state index in [1.165, 1.54) is 0 Å². The van der Waals surface area contributed by atoms with Gasteiger partial charge < -0.3 is 29.5 Å². The molecule has 168 valence electrons. The van der Waals surface area contributed by atoms with Crippen LogP contribution in [0.3, 0.4) is 0 Å². The van der Waals surface area contributed by atoms with Gasteiger partial charge in [-0.1, -0.05) is 12.1 Å². The molecule has 2 amide bonds. The second-order valence-electron chi connectivity index (χ2n) is 7.94. The molecule has 9 heteroatoms. The summed E-state index contributed by atoms with van der Waals surface area (Å²) in [6.45, 7) is 4.94. The number of hydrogen-bond donors (Lipinski definition) is 1. The van der Waals surface area contributed by atoms with Crippen molar-refractivity contribution in [3.05, 3.63) is 24.3 Å². The van der Waals surface area contributed by atoms with Crippen molar-refractivity contribution < 1.29 is 19.1 Å². The number of nitrogens with one attached hydrogen (secondary N) is 1. The largest absolute Gasteiger partial charge is 0.482 e. The lowest BCUT2D eigenvalue weighted by atomic mass is 10.2. The number of amides is 2. The first kappa shape index (κ1) is 21.4.